The minimum atomic E-state index is -4.41. The molecule has 1 aliphatic rings. The number of nitrogens with zero attached hydrogens (tertiary/aromatic N) is 1. The zero-order valence-corrected chi connectivity index (χ0v) is 15.0. The highest BCUT2D eigenvalue weighted by Crippen LogP contribution is 2.30. The molecule has 0 bridgehead atoms. The van der Waals surface area contributed by atoms with Crippen molar-refractivity contribution in [1.29, 1.82) is 0 Å². The van der Waals surface area contributed by atoms with Gasteiger partial charge in [-0.1, -0.05) is 12.1 Å². The Kier molecular flexibility index (Phi) is 7.01. The highest BCUT2D eigenvalue weighted by molar-refractivity contribution is 5.95. The van der Waals surface area contributed by atoms with Crippen molar-refractivity contribution in [2.24, 2.45) is 0 Å². The fourth-order valence-electron chi connectivity index (χ4n) is 2.96. The largest absolute Gasteiger partial charge is 0.481 e. The van der Waals surface area contributed by atoms with Crippen molar-refractivity contribution in [3.05, 3.63) is 41.5 Å². The number of benzene rings is 1. The molecule has 0 saturated carbocycles. The second-order valence-electron chi connectivity index (χ2n) is 6.42. The quantitative estimate of drug-likeness (QED) is 0.760. The van der Waals surface area contributed by atoms with E-state index in [0.717, 1.165) is 12.1 Å². The summed E-state index contributed by atoms with van der Waals surface area (Å²) in [5.41, 5.74) is 0.262. The number of allylic oxidation sites excluding steroid dienone is 1. The number of ether oxygens (including phenoxy) is 1. The number of halogens is 3. The van der Waals surface area contributed by atoms with E-state index in [1.54, 1.807) is 6.92 Å². The molecule has 0 unspecified atom stereocenters. The molecular weight excluding hydrogens is 363 g/mol. The Labute approximate surface area is 155 Å². The molecule has 8 heteroatoms. The predicted molar refractivity (Wildman–Crippen MR) is 92.9 cm³/mol. The third-order valence-corrected chi connectivity index (χ3v) is 4.49. The number of carbonyl (C=O) groups excluding carboxylic acids is 1. The molecule has 0 aromatic heterocycles. The molecule has 0 radical (unpaired) electrons. The van der Waals surface area contributed by atoms with Crippen molar-refractivity contribution in [2.75, 3.05) is 19.8 Å². The minimum absolute atomic E-state index is 0.0790. The number of carbonyl (C=O) groups is 2. The third kappa shape index (κ3) is 6.09. The first-order chi connectivity index (χ1) is 12.7. The van der Waals surface area contributed by atoms with Crippen LogP contribution in [0.15, 0.2) is 30.3 Å². The van der Waals surface area contributed by atoms with Gasteiger partial charge in [-0.05, 0) is 43.0 Å². The molecule has 1 aromatic carbocycles. The van der Waals surface area contributed by atoms with Crippen LogP contribution in [0, 0.1) is 0 Å². The second-order valence-corrected chi connectivity index (χ2v) is 6.42. The minimum Gasteiger partial charge on any atom is -0.481 e. The number of carboxylic acid groups (broad SMARTS) is 1. The van der Waals surface area contributed by atoms with Crippen molar-refractivity contribution in [3.63, 3.8) is 0 Å². The molecular formula is C19H22F3NO4. The van der Waals surface area contributed by atoms with Gasteiger partial charge in [0.05, 0.1) is 12.0 Å². The Morgan fingerprint density at radius 1 is 1.22 bits per heavy atom. The lowest BCUT2D eigenvalue weighted by Crippen LogP contribution is -2.43. The van der Waals surface area contributed by atoms with Gasteiger partial charge >= 0.3 is 12.1 Å². The van der Waals surface area contributed by atoms with Gasteiger partial charge in [-0.15, -0.1) is 0 Å². The van der Waals surface area contributed by atoms with E-state index < -0.39 is 17.7 Å². The van der Waals surface area contributed by atoms with Crippen LogP contribution in [0.3, 0.4) is 0 Å². The van der Waals surface area contributed by atoms with Gasteiger partial charge in [0.15, 0.2) is 0 Å². The van der Waals surface area contributed by atoms with E-state index in [2.05, 4.69) is 0 Å². The van der Waals surface area contributed by atoms with Crippen molar-refractivity contribution >= 4 is 17.4 Å². The maximum absolute atomic E-state index is 12.7. The van der Waals surface area contributed by atoms with Crippen LogP contribution in [0.2, 0.25) is 0 Å². The Bertz CT molecular complexity index is 692. The summed E-state index contributed by atoms with van der Waals surface area (Å²) in [6, 6.07) is 4.47. The van der Waals surface area contributed by atoms with Gasteiger partial charge in [-0.2, -0.15) is 13.2 Å². The predicted octanol–water partition coefficient (Wildman–Crippen LogP) is 3.59. The Morgan fingerprint density at radius 2 is 1.81 bits per heavy atom. The highest BCUT2D eigenvalue weighted by Gasteiger charge is 2.30. The molecule has 5 nitrogen and oxygen atoms in total. The first kappa shape index (κ1) is 21.0. The van der Waals surface area contributed by atoms with Crippen LogP contribution in [0.5, 0.6) is 0 Å². The van der Waals surface area contributed by atoms with E-state index in [-0.39, 0.29) is 24.9 Å². The molecule has 1 aliphatic heterocycles. The topological polar surface area (TPSA) is 66.8 Å². The molecule has 1 aromatic rings. The van der Waals surface area contributed by atoms with Gasteiger partial charge in [-0.25, -0.2) is 0 Å². The lowest BCUT2D eigenvalue weighted by Gasteiger charge is -2.33. The molecule has 2 rings (SSSR count). The van der Waals surface area contributed by atoms with Gasteiger partial charge in [0.2, 0.25) is 5.91 Å². The molecule has 0 aliphatic carbocycles. The van der Waals surface area contributed by atoms with E-state index in [0.29, 0.717) is 37.2 Å². The molecule has 27 heavy (non-hydrogen) atoms. The monoisotopic (exact) mass is 385 g/mol. The van der Waals surface area contributed by atoms with Gasteiger partial charge in [-0.3, -0.25) is 9.59 Å². The first-order valence-electron chi connectivity index (χ1n) is 8.64. The lowest BCUT2D eigenvalue weighted by atomic mass is 10.0. The van der Waals surface area contributed by atoms with E-state index in [1.807, 2.05) is 0 Å². The smallest absolute Gasteiger partial charge is 0.416 e. The molecule has 1 saturated heterocycles. The standard InChI is InChI=1S/C19H22F3NO4/c1-13(14-2-4-15(5-3-14)19(20,21)22)12-17(24)23(9-6-18(25)26)16-7-10-27-11-8-16/h2-5,12,16H,6-11H2,1H3,(H,25,26)/b13-12-. The van der Waals surface area contributed by atoms with Gasteiger partial charge in [0, 0.05) is 31.9 Å². The third-order valence-electron chi connectivity index (χ3n) is 4.49. The maximum atomic E-state index is 12.7. The zero-order valence-electron chi connectivity index (χ0n) is 15.0. The molecule has 0 atom stereocenters. The molecule has 1 heterocycles. The summed E-state index contributed by atoms with van der Waals surface area (Å²) in [7, 11) is 0. The Morgan fingerprint density at radius 3 is 2.33 bits per heavy atom. The number of aliphatic carboxylic acids is 1. The summed E-state index contributed by atoms with van der Waals surface area (Å²) in [6.07, 6.45) is -1.99. The summed E-state index contributed by atoms with van der Waals surface area (Å²) >= 11 is 0. The summed E-state index contributed by atoms with van der Waals surface area (Å²) in [5, 5.41) is 8.92. The van der Waals surface area contributed by atoms with Gasteiger partial charge in [0.1, 0.15) is 0 Å². The van der Waals surface area contributed by atoms with Gasteiger partial charge < -0.3 is 14.7 Å². The Balaban J connectivity index is 2.16. The molecule has 0 spiro atoms. The van der Waals surface area contributed by atoms with Crippen LogP contribution in [0.4, 0.5) is 13.2 Å². The van der Waals surface area contributed by atoms with Crippen molar-refractivity contribution in [1.82, 2.24) is 4.90 Å². The van der Waals surface area contributed by atoms with Crippen LogP contribution < -0.4 is 0 Å². The second kappa shape index (κ2) is 9.03. The average molecular weight is 385 g/mol. The molecule has 1 N–H and O–H groups in total. The SMILES string of the molecule is C/C(=C/C(=O)N(CCC(=O)O)C1CCOCC1)c1ccc(C(F)(F)F)cc1. The zero-order chi connectivity index (χ0) is 20.0. The molecule has 148 valence electrons. The van der Waals surface area contributed by atoms with Crippen LogP contribution in [-0.2, 0) is 20.5 Å². The summed E-state index contributed by atoms with van der Waals surface area (Å²) in [6.45, 7) is 2.72. The van der Waals surface area contributed by atoms with Crippen LogP contribution in [-0.4, -0.2) is 47.7 Å². The summed E-state index contributed by atoms with van der Waals surface area (Å²) < 4.78 is 43.3. The van der Waals surface area contributed by atoms with Crippen molar-refractivity contribution in [3.8, 4) is 0 Å². The molecule has 1 fully saturated rings. The summed E-state index contributed by atoms with van der Waals surface area (Å²) in [5.74, 6) is -1.34. The maximum Gasteiger partial charge on any atom is 0.416 e. The van der Waals surface area contributed by atoms with E-state index >= 15 is 0 Å². The number of carboxylic acids is 1. The normalized spacial score (nSPS) is 16.2. The van der Waals surface area contributed by atoms with Crippen LogP contribution in [0.1, 0.15) is 37.3 Å². The fourth-order valence-corrected chi connectivity index (χ4v) is 2.96. The lowest BCUT2D eigenvalue weighted by molar-refractivity contribution is -0.139. The highest BCUT2D eigenvalue weighted by atomic mass is 19.4. The van der Waals surface area contributed by atoms with Gasteiger partial charge in [0.25, 0.3) is 0 Å². The molecule has 1 amide bonds. The van der Waals surface area contributed by atoms with E-state index in [9.17, 15) is 22.8 Å². The van der Waals surface area contributed by atoms with E-state index in [1.165, 1.54) is 23.1 Å². The number of amides is 1. The number of rotatable bonds is 6. The van der Waals surface area contributed by atoms with E-state index in [4.69, 9.17) is 9.84 Å². The van der Waals surface area contributed by atoms with Crippen molar-refractivity contribution < 1.29 is 32.6 Å². The number of hydrogen-bond acceptors (Lipinski definition) is 3. The average Bonchev–Trinajstić information content (AvgIpc) is 2.62. The summed E-state index contributed by atoms with van der Waals surface area (Å²) in [4.78, 5) is 25.1. The van der Waals surface area contributed by atoms with Crippen molar-refractivity contribution in [2.45, 2.75) is 38.4 Å². The van der Waals surface area contributed by atoms with Crippen LogP contribution in [0.25, 0.3) is 5.57 Å². The van der Waals surface area contributed by atoms with Crippen LogP contribution >= 0.6 is 0 Å². The fraction of sp³-hybridized carbons (Fsp3) is 0.474. The Hall–Kier alpha value is -2.35. The number of alkyl halides is 3. The number of hydrogen-bond donors (Lipinski definition) is 1. The first-order valence-corrected chi connectivity index (χ1v) is 8.64.